The molecule has 24 heavy (non-hydrogen) atoms. The molecule has 1 aliphatic heterocycles. The number of rotatable bonds is 4. The summed E-state index contributed by atoms with van der Waals surface area (Å²) in [5.41, 5.74) is 1.48. The van der Waals surface area contributed by atoms with Gasteiger partial charge in [-0.05, 0) is 37.1 Å². The summed E-state index contributed by atoms with van der Waals surface area (Å²) < 4.78 is 7.59. The normalized spacial score (nSPS) is 12.7. The van der Waals surface area contributed by atoms with Gasteiger partial charge in [-0.15, -0.1) is 0 Å². The van der Waals surface area contributed by atoms with Gasteiger partial charge in [0.2, 0.25) is 0 Å². The van der Waals surface area contributed by atoms with Crippen LogP contribution in [0.15, 0.2) is 54.7 Å². The number of hydrogen-bond acceptors (Lipinski definition) is 4. The Morgan fingerprint density at radius 2 is 2.00 bits per heavy atom. The van der Waals surface area contributed by atoms with Gasteiger partial charge in [-0.3, -0.25) is 9.48 Å². The van der Waals surface area contributed by atoms with Crippen LogP contribution in [-0.2, 0) is 13.0 Å². The predicted octanol–water partition coefficient (Wildman–Crippen LogP) is 3.27. The maximum atomic E-state index is 12.2. The average molecular weight is 320 g/mol. The van der Waals surface area contributed by atoms with Crippen LogP contribution < -0.4 is 10.1 Å². The second-order valence-electron chi connectivity index (χ2n) is 5.60. The number of pyridine rings is 1. The van der Waals surface area contributed by atoms with Crippen LogP contribution in [0, 0.1) is 0 Å². The lowest BCUT2D eigenvalue weighted by atomic mass is 10.3. The Morgan fingerprint density at radius 3 is 2.75 bits per heavy atom. The van der Waals surface area contributed by atoms with Gasteiger partial charge in [0.1, 0.15) is 17.2 Å². The number of carbonyl (C=O) groups is 1. The number of fused-ring (bicyclic) bond motifs is 1. The molecular weight excluding hydrogens is 304 g/mol. The third-order valence-corrected chi connectivity index (χ3v) is 3.86. The van der Waals surface area contributed by atoms with Crippen LogP contribution in [0.25, 0.3) is 0 Å². The van der Waals surface area contributed by atoms with Crippen molar-refractivity contribution in [2.75, 3.05) is 5.32 Å². The topological polar surface area (TPSA) is 69.0 Å². The number of hydrogen-bond donors (Lipinski definition) is 1. The summed E-state index contributed by atoms with van der Waals surface area (Å²) in [4.78, 5) is 16.4. The maximum Gasteiger partial charge on any atom is 0.275 e. The number of carbonyl (C=O) groups excluding carboxylic acids is 1. The Hall–Kier alpha value is -3.15. The minimum atomic E-state index is -0.280. The molecule has 0 aliphatic carbocycles. The van der Waals surface area contributed by atoms with Crippen LogP contribution in [0.1, 0.15) is 22.6 Å². The van der Waals surface area contributed by atoms with Gasteiger partial charge in [0.25, 0.3) is 5.91 Å². The van der Waals surface area contributed by atoms with Gasteiger partial charge in [-0.2, -0.15) is 5.10 Å². The highest BCUT2D eigenvalue weighted by atomic mass is 16.5. The number of nitrogens with zero attached hydrogens (tertiary/aromatic N) is 3. The minimum absolute atomic E-state index is 0.280. The summed E-state index contributed by atoms with van der Waals surface area (Å²) in [6, 6.07) is 14.7. The Labute approximate surface area is 139 Å². The molecule has 3 aromatic rings. The molecule has 1 N–H and O–H groups in total. The quantitative estimate of drug-likeness (QED) is 0.801. The lowest BCUT2D eigenvalue weighted by molar-refractivity contribution is 0.102. The van der Waals surface area contributed by atoms with Gasteiger partial charge in [0.15, 0.2) is 5.82 Å². The molecule has 0 radical (unpaired) electrons. The number of para-hydroxylation sites is 1. The van der Waals surface area contributed by atoms with Crippen LogP contribution in [-0.4, -0.2) is 20.7 Å². The van der Waals surface area contributed by atoms with E-state index in [-0.39, 0.29) is 5.91 Å². The van der Waals surface area contributed by atoms with Gasteiger partial charge in [-0.1, -0.05) is 18.2 Å². The molecule has 6 heteroatoms. The second-order valence-corrected chi connectivity index (χ2v) is 5.60. The first-order valence-electron chi connectivity index (χ1n) is 7.85. The molecule has 0 spiro atoms. The number of ether oxygens (including phenoxy) is 1. The molecular formula is C18H16N4O2. The molecule has 0 fully saturated rings. The molecule has 3 heterocycles. The van der Waals surface area contributed by atoms with E-state index in [1.807, 2.05) is 41.1 Å². The fraction of sp³-hybridized carbons (Fsp3) is 0.167. The van der Waals surface area contributed by atoms with Gasteiger partial charge < -0.3 is 10.1 Å². The lowest BCUT2D eigenvalue weighted by Gasteiger charge is -2.06. The van der Waals surface area contributed by atoms with E-state index in [1.165, 1.54) is 6.20 Å². The molecule has 0 bridgehead atoms. The van der Waals surface area contributed by atoms with Gasteiger partial charge in [0, 0.05) is 18.3 Å². The molecule has 0 saturated carbocycles. The molecule has 1 aromatic carbocycles. The Kier molecular flexibility index (Phi) is 3.70. The smallest absolute Gasteiger partial charge is 0.275 e. The van der Waals surface area contributed by atoms with E-state index in [1.54, 1.807) is 12.1 Å². The summed E-state index contributed by atoms with van der Waals surface area (Å²) in [5, 5.41) is 7.14. The number of aryl methyl sites for hydroxylation is 2. The fourth-order valence-corrected chi connectivity index (χ4v) is 2.70. The average Bonchev–Trinajstić information content (AvgIpc) is 3.18. The summed E-state index contributed by atoms with van der Waals surface area (Å²) in [5.74, 6) is 1.60. The van der Waals surface area contributed by atoms with Crippen LogP contribution in [0.2, 0.25) is 0 Å². The molecule has 1 amide bonds. The van der Waals surface area contributed by atoms with E-state index in [9.17, 15) is 4.79 Å². The summed E-state index contributed by atoms with van der Waals surface area (Å²) >= 11 is 0. The Bertz CT molecular complexity index is 835. The van der Waals surface area contributed by atoms with Crippen LogP contribution in [0.4, 0.5) is 5.82 Å². The maximum absolute atomic E-state index is 12.2. The molecule has 120 valence electrons. The van der Waals surface area contributed by atoms with Crippen molar-refractivity contribution in [1.29, 1.82) is 0 Å². The Balaban J connectivity index is 1.43. The standard InChI is InChI=1S/C18H16N4O2/c23-18(20-17-11-13-5-4-10-22(13)21-17)16-9-8-15(12-19-16)24-14-6-2-1-3-7-14/h1-3,6-9,11-12H,4-5,10H2,(H,20,21,23). The summed E-state index contributed by atoms with van der Waals surface area (Å²) in [7, 11) is 0. The lowest BCUT2D eigenvalue weighted by Crippen LogP contribution is -2.14. The zero-order valence-electron chi connectivity index (χ0n) is 13.0. The van der Waals surface area contributed by atoms with Gasteiger partial charge >= 0.3 is 0 Å². The van der Waals surface area contributed by atoms with Crippen molar-refractivity contribution in [3.8, 4) is 11.5 Å². The van der Waals surface area contributed by atoms with Crippen molar-refractivity contribution in [3.63, 3.8) is 0 Å². The Morgan fingerprint density at radius 1 is 1.12 bits per heavy atom. The third kappa shape index (κ3) is 2.99. The predicted molar refractivity (Wildman–Crippen MR) is 89.3 cm³/mol. The first-order valence-corrected chi connectivity index (χ1v) is 7.85. The van der Waals surface area contributed by atoms with Crippen molar-refractivity contribution in [3.05, 3.63) is 66.1 Å². The summed E-state index contributed by atoms with van der Waals surface area (Å²) in [6.45, 7) is 0.912. The molecule has 0 unspecified atom stereocenters. The highest BCUT2D eigenvalue weighted by molar-refractivity contribution is 6.02. The molecule has 2 aromatic heterocycles. The second kappa shape index (κ2) is 6.16. The molecule has 6 nitrogen and oxygen atoms in total. The van der Waals surface area contributed by atoms with Gasteiger partial charge in [-0.25, -0.2) is 4.98 Å². The fourth-order valence-electron chi connectivity index (χ4n) is 2.70. The van der Waals surface area contributed by atoms with Crippen molar-refractivity contribution in [1.82, 2.24) is 14.8 Å². The molecule has 0 saturated heterocycles. The monoisotopic (exact) mass is 320 g/mol. The van der Waals surface area contributed by atoms with Crippen molar-refractivity contribution in [2.24, 2.45) is 0 Å². The minimum Gasteiger partial charge on any atom is -0.456 e. The SMILES string of the molecule is O=C(Nc1cc2n(n1)CCC2)c1ccc(Oc2ccccc2)cn1. The number of nitrogens with one attached hydrogen (secondary N) is 1. The van der Waals surface area contributed by atoms with E-state index in [0.29, 0.717) is 17.3 Å². The van der Waals surface area contributed by atoms with E-state index in [0.717, 1.165) is 30.8 Å². The first-order chi connectivity index (χ1) is 11.8. The number of anilines is 1. The van der Waals surface area contributed by atoms with Crippen molar-refractivity contribution in [2.45, 2.75) is 19.4 Å². The molecule has 0 atom stereocenters. The van der Waals surface area contributed by atoms with Crippen molar-refractivity contribution >= 4 is 11.7 Å². The van der Waals surface area contributed by atoms with E-state index >= 15 is 0 Å². The third-order valence-electron chi connectivity index (χ3n) is 3.86. The van der Waals surface area contributed by atoms with Crippen molar-refractivity contribution < 1.29 is 9.53 Å². The van der Waals surface area contributed by atoms with Crippen LogP contribution >= 0.6 is 0 Å². The van der Waals surface area contributed by atoms with E-state index < -0.39 is 0 Å². The van der Waals surface area contributed by atoms with Crippen LogP contribution in [0.5, 0.6) is 11.5 Å². The first kappa shape index (κ1) is 14.4. The van der Waals surface area contributed by atoms with E-state index in [2.05, 4.69) is 15.4 Å². The molecule has 4 rings (SSSR count). The van der Waals surface area contributed by atoms with E-state index in [4.69, 9.17) is 4.74 Å². The summed E-state index contributed by atoms with van der Waals surface area (Å²) in [6.07, 6.45) is 3.66. The highest BCUT2D eigenvalue weighted by Gasteiger charge is 2.16. The number of benzene rings is 1. The largest absolute Gasteiger partial charge is 0.456 e. The zero-order chi connectivity index (χ0) is 16.4. The number of amides is 1. The van der Waals surface area contributed by atoms with Crippen LogP contribution in [0.3, 0.4) is 0 Å². The zero-order valence-corrected chi connectivity index (χ0v) is 13.0. The van der Waals surface area contributed by atoms with Gasteiger partial charge in [0.05, 0.1) is 6.20 Å². The highest BCUT2D eigenvalue weighted by Crippen LogP contribution is 2.21. The molecule has 1 aliphatic rings. The number of aromatic nitrogens is 3.